The van der Waals surface area contributed by atoms with Crippen LogP contribution in [-0.4, -0.2) is 16.8 Å². The molecule has 14 heavy (non-hydrogen) atoms. The fourth-order valence-corrected chi connectivity index (χ4v) is 1.54. The molecule has 1 aliphatic heterocycles. The second-order valence-electron chi connectivity index (χ2n) is 2.68. The van der Waals surface area contributed by atoms with Crippen molar-refractivity contribution < 1.29 is 9.59 Å². The predicted octanol–water partition coefficient (Wildman–Crippen LogP) is 1.27. The highest BCUT2D eigenvalue weighted by Gasteiger charge is 2.24. The van der Waals surface area contributed by atoms with Crippen LogP contribution in [0.3, 0.4) is 0 Å². The molecule has 0 aliphatic carbocycles. The van der Waals surface area contributed by atoms with Crippen molar-refractivity contribution in [3.05, 3.63) is 35.1 Å². The van der Waals surface area contributed by atoms with Crippen LogP contribution in [0.15, 0.2) is 35.1 Å². The van der Waals surface area contributed by atoms with Crippen molar-refractivity contribution in [2.45, 2.75) is 0 Å². The molecule has 0 unspecified atom stereocenters. The molecular weight excluding hydrogens is 248 g/mol. The maximum absolute atomic E-state index is 11.3. The molecular formula is C9H5BrN2O2. The van der Waals surface area contributed by atoms with E-state index >= 15 is 0 Å². The number of amides is 2. The molecule has 0 atom stereocenters. The van der Waals surface area contributed by atoms with Gasteiger partial charge in [-0.3, -0.25) is 9.59 Å². The van der Waals surface area contributed by atoms with E-state index in [1.165, 1.54) is 18.3 Å². The summed E-state index contributed by atoms with van der Waals surface area (Å²) >= 11 is 3.17. The zero-order valence-electron chi connectivity index (χ0n) is 6.98. The Kier molecular flexibility index (Phi) is 2.17. The lowest BCUT2D eigenvalue weighted by atomic mass is 10.3. The third kappa shape index (κ3) is 1.46. The molecule has 2 heterocycles. The van der Waals surface area contributed by atoms with Gasteiger partial charge in [0.15, 0.2) is 0 Å². The summed E-state index contributed by atoms with van der Waals surface area (Å²) in [6.45, 7) is 0. The summed E-state index contributed by atoms with van der Waals surface area (Å²) in [5.41, 5.74) is 0.520. The Morgan fingerprint density at radius 3 is 2.43 bits per heavy atom. The number of pyridine rings is 1. The topological polar surface area (TPSA) is 50.3 Å². The van der Waals surface area contributed by atoms with Gasteiger partial charge in [0.25, 0.3) is 11.8 Å². The molecule has 0 aromatic carbocycles. The number of hydrogen-bond donors (Lipinski definition) is 0. The van der Waals surface area contributed by atoms with Gasteiger partial charge >= 0.3 is 0 Å². The minimum atomic E-state index is -0.326. The molecule has 1 aromatic rings. The van der Waals surface area contributed by atoms with E-state index in [4.69, 9.17) is 0 Å². The Bertz CT molecular complexity index is 424. The molecule has 0 saturated carbocycles. The number of imide groups is 1. The Hall–Kier alpha value is -1.49. The summed E-state index contributed by atoms with van der Waals surface area (Å²) in [4.78, 5) is 27.6. The lowest BCUT2D eigenvalue weighted by Gasteiger charge is -2.13. The van der Waals surface area contributed by atoms with Crippen molar-refractivity contribution in [3.63, 3.8) is 0 Å². The van der Waals surface area contributed by atoms with Crippen molar-refractivity contribution in [2.75, 3.05) is 4.90 Å². The van der Waals surface area contributed by atoms with Crippen LogP contribution in [0.2, 0.25) is 0 Å². The van der Waals surface area contributed by atoms with E-state index in [1.54, 1.807) is 12.1 Å². The first-order valence-electron chi connectivity index (χ1n) is 3.86. The molecule has 2 amide bonds. The summed E-state index contributed by atoms with van der Waals surface area (Å²) in [7, 11) is 0. The molecule has 2 rings (SSSR count). The number of carbonyl (C=O) groups excluding carboxylic acids is 2. The van der Waals surface area contributed by atoms with Crippen LogP contribution in [0.4, 0.5) is 5.69 Å². The van der Waals surface area contributed by atoms with Gasteiger partial charge in [-0.25, -0.2) is 9.88 Å². The minimum Gasteiger partial charge on any atom is -0.269 e. The van der Waals surface area contributed by atoms with E-state index in [-0.39, 0.29) is 11.8 Å². The lowest BCUT2D eigenvalue weighted by molar-refractivity contribution is -0.119. The molecule has 0 saturated heterocycles. The van der Waals surface area contributed by atoms with E-state index in [2.05, 4.69) is 20.9 Å². The maximum atomic E-state index is 11.3. The molecule has 1 aromatic heterocycles. The number of carbonyl (C=O) groups is 2. The lowest BCUT2D eigenvalue weighted by Crippen LogP contribution is -2.29. The van der Waals surface area contributed by atoms with Crippen LogP contribution in [0.25, 0.3) is 0 Å². The largest absolute Gasteiger partial charge is 0.269 e. The van der Waals surface area contributed by atoms with E-state index in [9.17, 15) is 9.59 Å². The van der Waals surface area contributed by atoms with Gasteiger partial charge in [0.2, 0.25) is 0 Å². The highest BCUT2D eigenvalue weighted by molar-refractivity contribution is 9.10. The van der Waals surface area contributed by atoms with Crippen LogP contribution in [0.1, 0.15) is 0 Å². The third-order valence-corrected chi connectivity index (χ3v) is 2.21. The average molecular weight is 253 g/mol. The molecule has 4 nitrogen and oxygen atoms in total. The van der Waals surface area contributed by atoms with Gasteiger partial charge in [-0.1, -0.05) is 0 Å². The highest BCUT2D eigenvalue weighted by Crippen LogP contribution is 2.20. The molecule has 5 heteroatoms. The first-order valence-corrected chi connectivity index (χ1v) is 4.65. The second kappa shape index (κ2) is 3.34. The normalized spacial score (nSPS) is 15.4. The van der Waals surface area contributed by atoms with Crippen LogP contribution in [0, 0.1) is 0 Å². The van der Waals surface area contributed by atoms with Crippen LogP contribution < -0.4 is 4.90 Å². The molecule has 1 aliphatic rings. The first kappa shape index (κ1) is 9.08. The Balaban J connectivity index is 2.41. The van der Waals surface area contributed by atoms with Crippen molar-refractivity contribution in [1.29, 1.82) is 0 Å². The van der Waals surface area contributed by atoms with Crippen LogP contribution in [-0.2, 0) is 9.59 Å². The Labute approximate surface area is 88.4 Å². The average Bonchev–Trinajstić information content (AvgIpc) is 2.46. The molecule has 0 radical (unpaired) electrons. The van der Waals surface area contributed by atoms with Gasteiger partial charge in [0.1, 0.15) is 4.60 Å². The molecule has 0 spiro atoms. The summed E-state index contributed by atoms with van der Waals surface area (Å²) in [6.07, 6.45) is 4.02. The molecule has 70 valence electrons. The second-order valence-corrected chi connectivity index (χ2v) is 3.49. The predicted molar refractivity (Wildman–Crippen MR) is 53.6 cm³/mol. The van der Waals surface area contributed by atoms with Crippen LogP contribution in [0.5, 0.6) is 0 Å². The summed E-state index contributed by atoms with van der Waals surface area (Å²) in [6, 6.07) is 3.22. The highest BCUT2D eigenvalue weighted by atomic mass is 79.9. The maximum Gasteiger partial charge on any atom is 0.258 e. The molecule has 0 bridgehead atoms. The number of aromatic nitrogens is 1. The summed E-state index contributed by atoms with van der Waals surface area (Å²) < 4.78 is 0.586. The fraction of sp³-hybridized carbons (Fsp3) is 0. The van der Waals surface area contributed by atoms with Gasteiger partial charge in [-0.15, -0.1) is 0 Å². The SMILES string of the molecule is O=C1C=CC(=O)N1c1ccnc(Br)c1. The van der Waals surface area contributed by atoms with E-state index in [0.717, 1.165) is 4.90 Å². The number of rotatable bonds is 1. The van der Waals surface area contributed by atoms with Crippen molar-refractivity contribution in [2.24, 2.45) is 0 Å². The van der Waals surface area contributed by atoms with Gasteiger partial charge in [0, 0.05) is 18.3 Å². The van der Waals surface area contributed by atoms with Crippen molar-refractivity contribution in [1.82, 2.24) is 4.98 Å². The van der Waals surface area contributed by atoms with Gasteiger partial charge in [-0.2, -0.15) is 0 Å². The minimum absolute atomic E-state index is 0.326. The Morgan fingerprint density at radius 2 is 1.86 bits per heavy atom. The zero-order valence-corrected chi connectivity index (χ0v) is 8.56. The summed E-state index contributed by atoms with van der Waals surface area (Å²) in [5.74, 6) is -0.652. The standard InChI is InChI=1S/C9H5BrN2O2/c10-7-5-6(3-4-11-7)12-8(13)1-2-9(12)14/h1-5H. The van der Waals surface area contributed by atoms with E-state index < -0.39 is 0 Å². The van der Waals surface area contributed by atoms with Crippen molar-refractivity contribution in [3.8, 4) is 0 Å². The third-order valence-electron chi connectivity index (χ3n) is 1.78. The van der Waals surface area contributed by atoms with E-state index in [0.29, 0.717) is 10.3 Å². The zero-order chi connectivity index (χ0) is 10.1. The smallest absolute Gasteiger partial charge is 0.258 e. The molecule has 0 N–H and O–H groups in total. The van der Waals surface area contributed by atoms with E-state index in [1.807, 2.05) is 0 Å². The fourth-order valence-electron chi connectivity index (χ4n) is 1.19. The van der Waals surface area contributed by atoms with Gasteiger partial charge in [-0.05, 0) is 28.1 Å². The number of anilines is 1. The summed E-state index contributed by atoms with van der Waals surface area (Å²) in [5, 5.41) is 0. The van der Waals surface area contributed by atoms with Gasteiger partial charge < -0.3 is 0 Å². The van der Waals surface area contributed by atoms with Crippen molar-refractivity contribution >= 4 is 33.4 Å². The monoisotopic (exact) mass is 252 g/mol. The first-order chi connectivity index (χ1) is 6.68. The number of hydrogen-bond acceptors (Lipinski definition) is 3. The van der Waals surface area contributed by atoms with Crippen LogP contribution >= 0.6 is 15.9 Å². The number of nitrogens with zero attached hydrogens (tertiary/aromatic N) is 2. The Morgan fingerprint density at radius 1 is 1.21 bits per heavy atom. The number of halogens is 1. The molecule has 0 fully saturated rings. The quantitative estimate of drug-likeness (QED) is 0.559. The van der Waals surface area contributed by atoms with Gasteiger partial charge in [0.05, 0.1) is 5.69 Å².